The summed E-state index contributed by atoms with van der Waals surface area (Å²) in [5.41, 5.74) is 5.52. The Morgan fingerprint density at radius 2 is 2.24 bits per heavy atom. The third-order valence-corrected chi connectivity index (χ3v) is 3.87. The highest BCUT2D eigenvalue weighted by atomic mass is 16.6. The lowest BCUT2D eigenvalue weighted by Gasteiger charge is -2.19. The number of nitro benzene ring substituents is 1. The number of ether oxygens (including phenoxy) is 1. The molecule has 25 heavy (non-hydrogen) atoms. The van der Waals surface area contributed by atoms with Crippen molar-refractivity contribution < 1.29 is 24.0 Å². The predicted molar refractivity (Wildman–Crippen MR) is 85.6 cm³/mol. The Hall–Kier alpha value is -3.17. The number of carbonyl (C=O) groups is 3. The summed E-state index contributed by atoms with van der Waals surface area (Å²) in [6, 6.07) is 2.12. The van der Waals surface area contributed by atoms with E-state index in [-0.39, 0.29) is 24.4 Å². The van der Waals surface area contributed by atoms with Crippen LogP contribution in [-0.4, -0.2) is 41.8 Å². The van der Waals surface area contributed by atoms with Crippen molar-refractivity contribution in [1.82, 2.24) is 10.6 Å². The van der Waals surface area contributed by atoms with Crippen molar-refractivity contribution in [3.63, 3.8) is 0 Å². The largest absolute Gasteiger partial charge is 0.496 e. The summed E-state index contributed by atoms with van der Waals surface area (Å²) in [7, 11) is 1.39. The van der Waals surface area contributed by atoms with Crippen LogP contribution in [0.2, 0.25) is 0 Å². The van der Waals surface area contributed by atoms with Crippen molar-refractivity contribution in [2.45, 2.75) is 31.3 Å². The van der Waals surface area contributed by atoms with E-state index >= 15 is 0 Å². The highest BCUT2D eigenvalue weighted by Gasteiger charge is 2.30. The molecule has 0 spiro atoms. The first-order valence-corrected chi connectivity index (χ1v) is 7.52. The molecule has 10 heteroatoms. The monoisotopic (exact) mass is 350 g/mol. The molecule has 0 bridgehead atoms. The molecule has 0 radical (unpaired) electrons. The van der Waals surface area contributed by atoms with E-state index in [2.05, 4.69) is 10.6 Å². The van der Waals surface area contributed by atoms with Crippen LogP contribution in [-0.2, 0) is 20.8 Å². The minimum Gasteiger partial charge on any atom is -0.496 e. The van der Waals surface area contributed by atoms with E-state index in [1.165, 1.54) is 25.3 Å². The van der Waals surface area contributed by atoms with Crippen LogP contribution in [0.3, 0.4) is 0 Å². The summed E-state index contributed by atoms with van der Waals surface area (Å²) >= 11 is 0. The molecule has 0 aliphatic carbocycles. The number of benzene rings is 1. The Morgan fingerprint density at radius 3 is 2.76 bits per heavy atom. The fourth-order valence-electron chi connectivity index (χ4n) is 2.56. The number of nitro groups is 1. The van der Waals surface area contributed by atoms with Gasteiger partial charge in [-0.2, -0.15) is 0 Å². The predicted octanol–water partition coefficient (Wildman–Crippen LogP) is -0.605. The molecule has 2 rings (SSSR count). The molecule has 0 saturated carbocycles. The molecule has 1 fully saturated rings. The van der Waals surface area contributed by atoms with Crippen molar-refractivity contribution in [3.05, 3.63) is 33.9 Å². The van der Waals surface area contributed by atoms with E-state index in [0.717, 1.165) is 0 Å². The molecule has 1 saturated heterocycles. The highest BCUT2D eigenvalue weighted by Crippen LogP contribution is 2.25. The second-order valence-corrected chi connectivity index (χ2v) is 5.58. The standard InChI is InChI=1S/C15H18N4O6/c1-25-12-4-2-9(19(23)24)6-8(12)7-11(14(16)21)18-15(22)10-3-5-13(20)17-10/h2,4,6,10-11H,3,5,7H2,1H3,(H2,16,21)(H,17,20)(H,18,22)/t10-,11+/m1/s1. The van der Waals surface area contributed by atoms with Crippen LogP contribution >= 0.6 is 0 Å². The van der Waals surface area contributed by atoms with Gasteiger partial charge in [0.2, 0.25) is 17.7 Å². The van der Waals surface area contributed by atoms with Gasteiger partial charge in [-0.3, -0.25) is 24.5 Å². The van der Waals surface area contributed by atoms with Gasteiger partial charge in [0, 0.05) is 30.5 Å². The quantitative estimate of drug-likeness (QED) is 0.440. The van der Waals surface area contributed by atoms with Gasteiger partial charge in [0.15, 0.2) is 0 Å². The van der Waals surface area contributed by atoms with E-state index in [4.69, 9.17) is 10.5 Å². The van der Waals surface area contributed by atoms with Gasteiger partial charge in [-0.1, -0.05) is 0 Å². The number of nitrogens with one attached hydrogen (secondary N) is 2. The number of hydrogen-bond acceptors (Lipinski definition) is 6. The molecular formula is C15H18N4O6. The van der Waals surface area contributed by atoms with Crippen LogP contribution in [0.4, 0.5) is 5.69 Å². The SMILES string of the molecule is COc1ccc([N+](=O)[O-])cc1C[C@H](NC(=O)[C@H]1CCC(=O)N1)C(N)=O. The number of amides is 3. The molecule has 1 aromatic rings. The first-order valence-electron chi connectivity index (χ1n) is 7.52. The molecule has 3 amide bonds. The number of methoxy groups -OCH3 is 1. The van der Waals surface area contributed by atoms with Crippen molar-refractivity contribution in [3.8, 4) is 5.75 Å². The zero-order valence-electron chi connectivity index (χ0n) is 13.5. The van der Waals surface area contributed by atoms with Gasteiger partial charge >= 0.3 is 0 Å². The Bertz CT molecular complexity index is 720. The number of nitrogens with two attached hydrogens (primary N) is 1. The number of carbonyl (C=O) groups excluding carboxylic acids is 3. The second-order valence-electron chi connectivity index (χ2n) is 5.58. The minimum atomic E-state index is -1.10. The average Bonchev–Trinajstić information content (AvgIpc) is 3.00. The zero-order chi connectivity index (χ0) is 18.6. The van der Waals surface area contributed by atoms with E-state index in [1.807, 2.05) is 0 Å². The normalized spacial score (nSPS) is 17.5. The zero-order valence-corrected chi connectivity index (χ0v) is 13.5. The van der Waals surface area contributed by atoms with E-state index in [9.17, 15) is 24.5 Å². The van der Waals surface area contributed by atoms with E-state index < -0.39 is 28.8 Å². The van der Waals surface area contributed by atoms with Crippen LogP contribution in [0, 0.1) is 10.1 Å². The van der Waals surface area contributed by atoms with Crippen LogP contribution in [0.25, 0.3) is 0 Å². The molecule has 134 valence electrons. The van der Waals surface area contributed by atoms with Crippen LogP contribution in [0.5, 0.6) is 5.75 Å². The lowest BCUT2D eigenvalue weighted by Crippen LogP contribution is -2.51. The van der Waals surface area contributed by atoms with Gasteiger partial charge in [0.1, 0.15) is 17.8 Å². The van der Waals surface area contributed by atoms with Gasteiger partial charge in [-0.05, 0) is 12.5 Å². The second kappa shape index (κ2) is 7.60. The first kappa shape index (κ1) is 18.2. The molecule has 0 aromatic heterocycles. The van der Waals surface area contributed by atoms with Crippen LogP contribution in [0.1, 0.15) is 18.4 Å². The summed E-state index contributed by atoms with van der Waals surface area (Å²) in [5.74, 6) is -1.23. The maximum Gasteiger partial charge on any atom is 0.269 e. The maximum atomic E-state index is 12.2. The molecule has 1 aliphatic heterocycles. The number of hydrogen-bond donors (Lipinski definition) is 3. The molecule has 1 aromatic carbocycles. The van der Waals surface area contributed by atoms with Gasteiger partial charge in [-0.25, -0.2) is 0 Å². The molecule has 10 nitrogen and oxygen atoms in total. The fraction of sp³-hybridized carbons (Fsp3) is 0.400. The summed E-state index contributed by atoms with van der Waals surface area (Å²) < 4.78 is 5.14. The third kappa shape index (κ3) is 4.43. The van der Waals surface area contributed by atoms with Crippen LogP contribution < -0.4 is 21.1 Å². The van der Waals surface area contributed by atoms with E-state index in [1.54, 1.807) is 0 Å². The van der Waals surface area contributed by atoms with Crippen molar-refractivity contribution >= 4 is 23.4 Å². The number of non-ortho nitro benzene ring substituents is 1. The molecule has 0 unspecified atom stereocenters. The topological polar surface area (TPSA) is 154 Å². The number of primary amides is 1. The molecule has 2 atom stereocenters. The maximum absolute atomic E-state index is 12.2. The van der Waals surface area contributed by atoms with Crippen molar-refractivity contribution in [1.29, 1.82) is 0 Å². The Morgan fingerprint density at radius 1 is 1.52 bits per heavy atom. The third-order valence-electron chi connectivity index (χ3n) is 3.87. The highest BCUT2D eigenvalue weighted by molar-refractivity contribution is 5.93. The summed E-state index contributed by atoms with van der Waals surface area (Å²) in [6.45, 7) is 0. The van der Waals surface area contributed by atoms with Gasteiger partial charge < -0.3 is 21.1 Å². The smallest absolute Gasteiger partial charge is 0.269 e. The van der Waals surface area contributed by atoms with Crippen LogP contribution in [0.15, 0.2) is 18.2 Å². The van der Waals surface area contributed by atoms with Gasteiger partial charge in [-0.15, -0.1) is 0 Å². The Labute approximate surface area is 142 Å². The summed E-state index contributed by atoms with van der Waals surface area (Å²) in [4.78, 5) is 45.4. The van der Waals surface area contributed by atoms with Gasteiger partial charge in [0.05, 0.1) is 12.0 Å². The number of nitrogens with zero attached hydrogens (tertiary/aromatic N) is 1. The fourth-order valence-corrected chi connectivity index (χ4v) is 2.56. The van der Waals surface area contributed by atoms with Crippen molar-refractivity contribution in [2.24, 2.45) is 5.73 Å². The van der Waals surface area contributed by atoms with Gasteiger partial charge in [0.25, 0.3) is 5.69 Å². The summed E-state index contributed by atoms with van der Waals surface area (Å²) in [6.07, 6.45) is 0.487. The Balaban J connectivity index is 2.17. The molecule has 1 aliphatic rings. The lowest BCUT2D eigenvalue weighted by molar-refractivity contribution is -0.384. The van der Waals surface area contributed by atoms with E-state index in [0.29, 0.717) is 17.7 Å². The molecule has 1 heterocycles. The molecule has 4 N–H and O–H groups in total. The number of rotatable bonds is 7. The lowest BCUT2D eigenvalue weighted by atomic mass is 10.0. The molecular weight excluding hydrogens is 332 g/mol. The summed E-state index contributed by atoms with van der Waals surface area (Å²) in [5, 5.41) is 15.9. The average molecular weight is 350 g/mol. The van der Waals surface area contributed by atoms with Crippen molar-refractivity contribution in [2.75, 3.05) is 7.11 Å². The Kier molecular flexibility index (Phi) is 5.52. The minimum absolute atomic E-state index is 0.0768. The first-order chi connectivity index (χ1) is 11.8.